The largest absolute Gasteiger partial charge is 0.459 e. The minimum absolute atomic E-state index is 0.204. The van der Waals surface area contributed by atoms with E-state index in [-0.39, 0.29) is 6.61 Å². The van der Waals surface area contributed by atoms with E-state index in [9.17, 15) is 9.59 Å². The summed E-state index contributed by atoms with van der Waals surface area (Å²) in [6, 6.07) is 8.04. The highest BCUT2D eigenvalue weighted by Crippen LogP contribution is 2.18. The van der Waals surface area contributed by atoms with Crippen molar-refractivity contribution in [3.8, 4) is 0 Å². The number of nitrogens with one attached hydrogen (secondary N) is 1. The maximum atomic E-state index is 11.3. The smallest absolute Gasteiger partial charge is 0.396 e. The standard InChI is InChI=1S/C15H21NO3/c1-4-11(3)13-8-6-12(7-9-13)10-16-14(17)15(18)19-5-2/h6-9,11H,4-5,10H2,1-3H3,(H,16,17). The van der Waals surface area contributed by atoms with E-state index in [1.165, 1.54) is 5.56 Å². The molecule has 1 atom stereocenters. The van der Waals surface area contributed by atoms with E-state index in [1.807, 2.05) is 12.1 Å². The molecule has 0 aliphatic heterocycles. The molecule has 1 N–H and O–H groups in total. The molecule has 1 amide bonds. The Morgan fingerprint density at radius 2 is 1.84 bits per heavy atom. The summed E-state index contributed by atoms with van der Waals surface area (Å²) >= 11 is 0. The van der Waals surface area contributed by atoms with Crippen LogP contribution in [-0.4, -0.2) is 18.5 Å². The van der Waals surface area contributed by atoms with Crippen LogP contribution in [0.4, 0.5) is 0 Å². The third-order valence-electron chi connectivity index (χ3n) is 3.08. The third-order valence-corrected chi connectivity index (χ3v) is 3.08. The van der Waals surface area contributed by atoms with Gasteiger partial charge in [0.25, 0.3) is 0 Å². The van der Waals surface area contributed by atoms with E-state index in [4.69, 9.17) is 0 Å². The zero-order valence-electron chi connectivity index (χ0n) is 11.7. The molecular weight excluding hydrogens is 242 g/mol. The van der Waals surface area contributed by atoms with Gasteiger partial charge in [-0.15, -0.1) is 0 Å². The van der Waals surface area contributed by atoms with E-state index in [2.05, 4.69) is 36.0 Å². The lowest BCUT2D eigenvalue weighted by Gasteiger charge is -2.10. The molecule has 1 rings (SSSR count). The molecule has 1 aromatic rings. The highest BCUT2D eigenvalue weighted by molar-refractivity contribution is 6.32. The molecule has 4 heteroatoms. The minimum atomic E-state index is -0.835. The van der Waals surface area contributed by atoms with Gasteiger partial charge >= 0.3 is 11.9 Å². The quantitative estimate of drug-likeness (QED) is 0.655. The van der Waals surface area contributed by atoms with Crippen LogP contribution in [0.1, 0.15) is 44.2 Å². The van der Waals surface area contributed by atoms with E-state index >= 15 is 0 Å². The average Bonchev–Trinajstić information content (AvgIpc) is 2.44. The topological polar surface area (TPSA) is 55.4 Å². The molecule has 0 bridgehead atoms. The number of carbonyl (C=O) groups is 2. The number of rotatable bonds is 5. The summed E-state index contributed by atoms with van der Waals surface area (Å²) in [5, 5.41) is 2.53. The third kappa shape index (κ3) is 4.73. The fourth-order valence-corrected chi connectivity index (χ4v) is 1.65. The lowest BCUT2D eigenvalue weighted by atomic mass is 9.98. The maximum Gasteiger partial charge on any atom is 0.396 e. The molecule has 1 unspecified atom stereocenters. The van der Waals surface area contributed by atoms with Gasteiger partial charge in [-0.25, -0.2) is 4.79 Å². The first-order valence-electron chi connectivity index (χ1n) is 6.62. The molecule has 4 nitrogen and oxygen atoms in total. The molecule has 0 heterocycles. The second kappa shape index (κ2) is 7.56. The molecule has 0 saturated heterocycles. The molecule has 0 aliphatic rings. The number of amides is 1. The Hall–Kier alpha value is -1.84. The number of esters is 1. The van der Waals surface area contributed by atoms with Gasteiger partial charge in [0.2, 0.25) is 0 Å². The van der Waals surface area contributed by atoms with Crippen LogP contribution in [0.3, 0.4) is 0 Å². The molecule has 1 aromatic carbocycles. The van der Waals surface area contributed by atoms with Crippen LogP contribution in [0.15, 0.2) is 24.3 Å². The fraction of sp³-hybridized carbons (Fsp3) is 0.467. The second-order valence-electron chi connectivity index (χ2n) is 4.45. The van der Waals surface area contributed by atoms with Gasteiger partial charge in [0, 0.05) is 6.54 Å². The minimum Gasteiger partial charge on any atom is -0.459 e. The maximum absolute atomic E-state index is 11.3. The van der Waals surface area contributed by atoms with Gasteiger partial charge in [-0.3, -0.25) is 4.79 Å². The van der Waals surface area contributed by atoms with Gasteiger partial charge in [0.15, 0.2) is 0 Å². The molecule has 0 aromatic heterocycles. The Balaban J connectivity index is 2.50. The Morgan fingerprint density at radius 3 is 2.37 bits per heavy atom. The van der Waals surface area contributed by atoms with Crippen molar-refractivity contribution in [2.75, 3.05) is 6.61 Å². The number of hydrogen-bond acceptors (Lipinski definition) is 3. The summed E-state index contributed by atoms with van der Waals surface area (Å²) in [7, 11) is 0. The molecule has 19 heavy (non-hydrogen) atoms. The van der Waals surface area contributed by atoms with E-state index < -0.39 is 11.9 Å². The number of carbonyl (C=O) groups excluding carboxylic acids is 2. The van der Waals surface area contributed by atoms with Crippen molar-refractivity contribution in [1.29, 1.82) is 0 Å². The number of benzene rings is 1. The van der Waals surface area contributed by atoms with Crippen LogP contribution in [0.2, 0.25) is 0 Å². The molecule has 0 saturated carbocycles. The monoisotopic (exact) mass is 263 g/mol. The van der Waals surface area contributed by atoms with Crippen molar-refractivity contribution >= 4 is 11.9 Å². The van der Waals surface area contributed by atoms with Gasteiger partial charge in [0.05, 0.1) is 6.61 Å². The molecular formula is C15H21NO3. The first-order valence-corrected chi connectivity index (χ1v) is 6.62. The van der Waals surface area contributed by atoms with Crippen molar-refractivity contribution in [3.63, 3.8) is 0 Å². The summed E-state index contributed by atoms with van der Waals surface area (Å²) in [4.78, 5) is 22.5. The lowest BCUT2D eigenvalue weighted by Crippen LogP contribution is -2.32. The van der Waals surface area contributed by atoms with Crippen LogP contribution in [0.25, 0.3) is 0 Å². The Kier molecular flexibility index (Phi) is 6.06. The predicted octanol–water partition coefficient (Wildman–Crippen LogP) is 2.38. The van der Waals surface area contributed by atoms with E-state index in [0.29, 0.717) is 12.5 Å². The lowest BCUT2D eigenvalue weighted by molar-refractivity contribution is -0.154. The molecule has 0 radical (unpaired) electrons. The SMILES string of the molecule is CCOC(=O)C(=O)NCc1ccc(C(C)CC)cc1. The van der Waals surface area contributed by atoms with Crippen LogP contribution < -0.4 is 5.32 Å². The van der Waals surface area contributed by atoms with Crippen molar-refractivity contribution in [2.45, 2.75) is 39.7 Å². The number of hydrogen-bond donors (Lipinski definition) is 1. The van der Waals surface area contributed by atoms with Crippen LogP contribution >= 0.6 is 0 Å². The Morgan fingerprint density at radius 1 is 1.21 bits per heavy atom. The Bertz CT molecular complexity index is 426. The summed E-state index contributed by atoms with van der Waals surface area (Å²) in [5.74, 6) is -1.00. The molecule has 0 aliphatic carbocycles. The van der Waals surface area contributed by atoms with Crippen LogP contribution in [0, 0.1) is 0 Å². The number of ether oxygens (including phenoxy) is 1. The van der Waals surface area contributed by atoms with Crippen molar-refractivity contribution in [2.24, 2.45) is 0 Å². The van der Waals surface area contributed by atoms with Gasteiger partial charge in [-0.1, -0.05) is 38.1 Å². The van der Waals surface area contributed by atoms with Crippen LogP contribution in [0.5, 0.6) is 0 Å². The van der Waals surface area contributed by atoms with Gasteiger partial charge < -0.3 is 10.1 Å². The van der Waals surface area contributed by atoms with Crippen molar-refractivity contribution in [3.05, 3.63) is 35.4 Å². The van der Waals surface area contributed by atoms with Crippen molar-refractivity contribution in [1.82, 2.24) is 5.32 Å². The van der Waals surface area contributed by atoms with Gasteiger partial charge in [-0.2, -0.15) is 0 Å². The zero-order valence-corrected chi connectivity index (χ0v) is 11.7. The van der Waals surface area contributed by atoms with E-state index in [1.54, 1.807) is 6.92 Å². The molecule has 104 valence electrons. The highest BCUT2D eigenvalue weighted by atomic mass is 16.5. The fourth-order valence-electron chi connectivity index (χ4n) is 1.65. The summed E-state index contributed by atoms with van der Waals surface area (Å²) in [5.41, 5.74) is 2.24. The summed E-state index contributed by atoms with van der Waals surface area (Å²) < 4.78 is 4.61. The van der Waals surface area contributed by atoms with Gasteiger partial charge in [0.1, 0.15) is 0 Å². The average molecular weight is 263 g/mol. The zero-order chi connectivity index (χ0) is 14.3. The highest BCUT2D eigenvalue weighted by Gasteiger charge is 2.13. The van der Waals surface area contributed by atoms with Crippen molar-refractivity contribution < 1.29 is 14.3 Å². The van der Waals surface area contributed by atoms with Crippen LogP contribution in [-0.2, 0) is 20.9 Å². The van der Waals surface area contributed by atoms with Gasteiger partial charge in [-0.05, 0) is 30.4 Å². The first-order chi connectivity index (χ1) is 9.08. The molecule has 0 fully saturated rings. The Labute approximate surface area is 114 Å². The first kappa shape index (κ1) is 15.2. The predicted molar refractivity (Wildman–Crippen MR) is 73.6 cm³/mol. The normalized spacial score (nSPS) is 11.7. The summed E-state index contributed by atoms with van der Waals surface area (Å²) in [6.45, 7) is 6.53. The molecule has 0 spiro atoms. The summed E-state index contributed by atoms with van der Waals surface area (Å²) in [6.07, 6.45) is 1.10. The second-order valence-corrected chi connectivity index (χ2v) is 4.45. The van der Waals surface area contributed by atoms with E-state index in [0.717, 1.165) is 12.0 Å².